The third-order valence-corrected chi connectivity index (χ3v) is 2.31. The highest BCUT2D eigenvalue weighted by Crippen LogP contribution is 2.13. The summed E-state index contributed by atoms with van der Waals surface area (Å²) >= 11 is 0. The Morgan fingerprint density at radius 2 is 1.93 bits per heavy atom. The Kier molecular flexibility index (Phi) is 3.69. The minimum atomic E-state index is 0.0112. The van der Waals surface area contributed by atoms with Crippen LogP contribution in [0.2, 0.25) is 0 Å². The fourth-order valence-electron chi connectivity index (χ4n) is 1.43. The van der Waals surface area contributed by atoms with E-state index >= 15 is 0 Å². The Hall–Kier alpha value is -1.31. The average Bonchev–Trinajstić information content (AvgIpc) is 2.17. The molecule has 76 valence electrons. The van der Waals surface area contributed by atoms with Crippen LogP contribution in [0.25, 0.3) is 0 Å². The highest BCUT2D eigenvalue weighted by atomic mass is 16.1. The summed E-state index contributed by atoms with van der Waals surface area (Å²) in [5, 5.41) is 2.86. The zero-order chi connectivity index (χ0) is 10.6. The van der Waals surface area contributed by atoms with Gasteiger partial charge in [0.05, 0.1) is 6.04 Å². The summed E-state index contributed by atoms with van der Waals surface area (Å²) < 4.78 is 0. The quantitative estimate of drug-likeness (QED) is 0.781. The molecule has 1 N–H and O–H groups in total. The molecular weight excluding hydrogens is 174 g/mol. The predicted molar refractivity (Wildman–Crippen MR) is 58.1 cm³/mol. The number of aryl methyl sites for hydroxylation is 1. The molecule has 0 spiro atoms. The third-order valence-electron chi connectivity index (χ3n) is 2.31. The van der Waals surface area contributed by atoms with Crippen molar-refractivity contribution in [3.63, 3.8) is 0 Å². The van der Waals surface area contributed by atoms with Crippen molar-refractivity contribution in [2.75, 3.05) is 0 Å². The van der Waals surface area contributed by atoms with Gasteiger partial charge in [0.1, 0.15) is 0 Å². The molecule has 1 aromatic carbocycles. The maximum Gasteiger partial charge on any atom is 0.217 e. The second-order valence-corrected chi connectivity index (χ2v) is 3.52. The Bertz CT molecular complexity index is 303. The molecule has 1 rings (SSSR count). The van der Waals surface area contributed by atoms with Gasteiger partial charge in [0.2, 0.25) is 5.91 Å². The average molecular weight is 191 g/mol. The van der Waals surface area contributed by atoms with Crippen molar-refractivity contribution in [3.05, 3.63) is 35.4 Å². The van der Waals surface area contributed by atoms with Gasteiger partial charge < -0.3 is 5.32 Å². The van der Waals surface area contributed by atoms with Gasteiger partial charge in [-0.2, -0.15) is 0 Å². The summed E-state index contributed by atoms with van der Waals surface area (Å²) in [6.45, 7) is 5.66. The molecule has 0 radical (unpaired) electrons. The van der Waals surface area contributed by atoms with Crippen LogP contribution in [0.4, 0.5) is 0 Å². The summed E-state index contributed by atoms with van der Waals surface area (Å²) in [4.78, 5) is 10.8. The monoisotopic (exact) mass is 191 g/mol. The molecule has 0 aliphatic rings. The van der Waals surface area contributed by atoms with Gasteiger partial charge in [-0.3, -0.25) is 4.79 Å². The fraction of sp³-hybridized carbons (Fsp3) is 0.417. The maximum absolute atomic E-state index is 10.8. The molecule has 1 aromatic rings. The van der Waals surface area contributed by atoms with Crippen LogP contribution >= 0.6 is 0 Å². The number of nitrogens with one attached hydrogen (secondary N) is 1. The first-order chi connectivity index (χ1) is 6.63. The van der Waals surface area contributed by atoms with Crippen molar-refractivity contribution in [3.8, 4) is 0 Å². The van der Waals surface area contributed by atoms with E-state index in [1.54, 1.807) is 0 Å². The lowest BCUT2D eigenvalue weighted by Crippen LogP contribution is -2.23. The van der Waals surface area contributed by atoms with E-state index in [0.717, 1.165) is 12.0 Å². The molecule has 1 amide bonds. The minimum Gasteiger partial charge on any atom is -0.350 e. The van der Waals surface area contributed by atoms with Crippen LogP contribution in [0.15, 0.2) is 24.3 Å². The first-order valence-corrected chi connectivity index (χ1v) is 4.99. The van der Waals surface area contributed by atoms with Gasteiger partial charge in [0, 0.05) is 6.92 Å². The molecule has 0 bridgehead atoms. The van der Waals surface area contributed by atoms with Crippen LogP contribution in [-0.2, 0) is 11.2 Å². The number of carbonyl (C=O) groups excluding carboxylic acids is 1. The van der Waals surface area contributed by atoms with Gasteiger partial charge in [-0.1, -0.05) is 31.2 Å². The number of carbonyl (C=O) groups is 1. The Morgan fingerprint density at radius 3 is 2.36 bits per heavy atom. The van der Waals surface area contributed by atoms with Gasteiger partial charge in [-0.05, 0) is 24.5 Å². The fourth-order valence-corrected chi connectivity index (χ4v) is 1.43. The van der Waals surface area contributed by atoms with Gasteiger partial charge in [-0.15, -0.1) is 0 Å². The number of rotatable bonds is 3. The van der Waals surface area contributed by atoms with E-state index in [9.17, 15) is 4.79 Å². The molecule has 0 aliphatic carbocycles. The van der Waals surface area contributed by atoms with Crippen LogP contribution in [0, 0.1) is 0 Å². The molecule has 0 saturated heterocycles. The Balaban J connectivity index is 2.71. The van der Waals surface area contributed by atoms with E-state index in [2.05, 4.69) is 36.5 Å². The second kappa shape index (κ2) is 4.80. The van der Waals surface area contributed by atoms with Crippen molar-refractivity contribution >= 4 is 5.91 Å². The first-order valence-electron chi connectivity index (χ1n) is 4.99. The lowest BCUT2D eigenvalue weighted by atomic mass is 10.1. The van der Waals surface area contributed by atoms with Crippen LogP contribution < -0.4 is 5.32 Å². The maximum atomic E-state index is 10.8. The summed E-state index contributed by atoms with van der Waals surface area (Å²) in [6, 6.07) is 8.44. The lowest BCUT2D eigenvalue weighted by Gasteiger charge is -2.12. The van der Waals surface area contributed by atoms with E-state index in [4.69, 9.17) is 0 Å². The lowest BCUT2D eigenvalue weighted by molar-refractivity contribution is -0.119. The summed E-state index contributed by atoms with van der Waals surface area (Å²) in [5.74, 6) is 0.0112. The topological polar surface area (TPSA) is 29.1 Å². The normalized spacial score (nSPS) is 12.2. The van der Waals surface area contributed by atoms with Gasteiger partial charge >= 0.3 is 0 Å². The largest absolute Gasteiger partial charge is 0.350 e. The van der Waals surface area contributed by atoms with E-state index < -0.39 is 0 Å². The van der Waals surface area contributed by atoms with E-state index in [0.29, 0.717) is 0 Å². The summed E-state index contributed by atoms with van der Waals surface area (Å²) in [5.41, 5.74) is 2.47. The van der Waals surface area contributed by atoms with E-state index in [1.807, 2.05) is 6.92 Å². The van der Waals surface area contributed by atoms with Crippen LogP contribution in [0.1, 0.15) is 37.9 Å². The standard InChI is InChI=1S/C12H17NO/c1-4-11-5-7-12(8-6-11)9(2)13-10(3)14/h5-9H,4H2,1-3H3,(H,13,14)/t9-/m0/s1. The zero-order valence-electron chi connectivity index (χ0n) is 9.00. The van der Waals surface area contributed by atoms with Crippen LogP contribution in [-0.4, -0.2) is 5.91 Å². The minimum absolute atomic E-state index is 0.0112. The van der Waals surface area contributed by atoms with Crippen LogP contribution in [0.5, 0.6) is 0 Å². The smallest absolute Gasteiger partial charge is 0.217 e. The molecule has 0 unspecified atom stereocenters. The zero-order valence-corrected chi connectivity index (χ0v) is 9.00. The molecule has 0 aromatic heterocycles. The Labute approximate surface area is 85.3 Å². The van der Waals surface area contributed by atoms with Crippen molar-refractivity contribution < 1.29 is 4.79 Å². The van der Waals surface area contributed by atoms with Gasteiger partial charge in [0.25, 0.3) is 0 Å². The number of hydrogen-bond donors (Lipinski definition) is 1. The Morgan fingerprint density at radius 1 is 1.36 bits per heavy atom. The second-order valence-electron chi connectivity index (χ2n) is 3.52. The molecule has 0 fully saturated rings. The van der Waals surface area contributed by atoms with E-state index in [-0.39, 0.29) is 11.9 Å². The predicted octanol–water partition coefficient (Wildman–Crippen LogP) is 2.45. The first kappa shape index (κ1) is 10.8. The molecule has 2 nitrogen and oxygen atoms in total. The number of hydrogen-bond acceptors (Lipinski definition) is 1. The summed E-state index contributed by atoms with van der Waals surface area (Å²) in [6.07, 6.45) is 1.05. The number of benzene rings is 1. The highest BCUT2D eigenvalue weighted by Gasteiger charge is 2.05. The SMILES string of the molecule is CCc1ccc([C@H](C)NC(C)=O)cc1. The highest BCUT2D eigenvalue weighted by molar-refractivity contribution is 5.73. The van der Waals surface area contributed by atoms with Gasteiger partial charge in [0.15, 0.2) is 0 Å². The molecule has 0 aliphatic heterocycles. The van der Waals surface area contributed by atoms with Crippen LogP contribution in [0.3, 0.4) is 0 Å². The van der Waals surface area contributed by atoms with Crippen molar-refractivity contribution in [1.82, 2.24) is 5.32 Å². The third kappa shape index (κ3) is 2.87. The molecule has 14 heavy (non-hydrogen) atoms. The van der Waals surface area contributed by atoms with Gasteiger partial charge in [-0.25, -0.2) is 0 Å². The van der Waals surface area contributed by atoms with Crippen molar-refractivity contribution in [2.45, 2.75) is 33.2 Å². The molecule has 1 atom stereocenters. The van der Waals surface area contributed by atoms with Crippen molar-refractivity contribution in [2.24, 2.45) is 0 Å². The molecule has 0 heterocycles. The number of amides is 1. The molecule has 0 saturated carbocycles. The van der Waals surface area contributed by atoms with E-state index in [1.165, 1.54) is 12.5 Å². The molecular formula is C12H17NO. The summed E-state index contributed by atoms with van der Waals surface area (Å²) in [7, 11) is 0. The molecule has 2 heteroatoms. The van der Waals surface area contributed by atoms with Crippen molar-refractivity contribution in [1.29, 1.82) is 0 Å².